The Morgan fingerprint density at radius 2 is 1.35 bits per heavy atom. The van der Waals surface area contributed by atoms with E-state index >= 15 is 0 Å². The SMILES string of the molecule is C=C(C)C(=O)OC.c1ccc(Sc2ccccc2)cc1. The highest BCUT2D eigenvalue weighted by atomic mass is 32.2. The van der Waals surface area contributed by atoms with Crippen LogP contribution in [0.5, 0.6) is 0 Å². The van der Waals surface area contributed by atoms with Gasteiger partial charge in [-0.05, 0) is 31.2 Å². The van der Waals surface area contributed by atoms with E-state index < -0.39 is 0 Å². The van der Waals surface area contributed by atoms with Gasteiger partial charge in [-0.1, -0.05) is 54.7 Å². The predicted octanol–water partition coefficient (Wildman–Crippen LogP) is 4.57. The van der Waals surface area contributed by atoms with Gasteiger partial charge in [0.15, 0.2) is 0 Å². The van der Waals surface area contributed by atoms with Crippen LogP contribution in [0, 0.1) is 0 Å². The molecule has 0 N–H and O–H groups in total. The van der Waals surface area contributed by atoms with Crippen molar-refractivity contribution in [3.05, 3.63) is 72.8 Å². The Bertz CT molecular complexity index is 498. The molecule has 0 aliphatic rings. The number of ether oxygens (including phenoxy) is 1. The van der Waals surface area contributed by atoms with Gasteiger partial charge in [0.05, 0.1) is 7.11 Å². The van der Waals surface area contributed by atoms with E-state index in [4.69, 9.17) is 0 Å². The van der Waals surface area contributed by atoms with Gasteiger partial charge in [0.1, 0.15) is 0 Å². The molecule has 0 atom stereocenters. The van der Waals surface area contributed by atoms with Crippen LogP contribution in [-0.4, -0.2) is 13.1 Å². The van der Waals surface area contributed by atoms with E-state index in [0.29, 0.717) is 5.57 Å². The Balaban J connectivity index is 0.000000246. The second-order valence-corrected chi connectivity index (χ2v) is 5.15. The van der Waals surface area contributed by atoms with Gasteiger partial charge >= 0.3 is 5.97 Å². The average molecular weight is 286 g/mol. The highest BCUT2D eigenvalue weighted by molar-refractivity contribution is 7.99. The van der Waals surface area contributed by atoms with Crippen molar-refractivity contribution >= 4 is 17.7 Å². The zero-order valence-electron chi connectivity index (χ0n) is 11.7. The van der Waals surface area contributed by atoms with Crippen LogP contribution in [-0.2, 0) is 9.53 Å². The molecule has 0 unspecified atom stereocenters. The highest BCUT2D eigenvalue weighted by Crippen LogP contribution is 2.26. The lowest BCUT2D eigenvalue weighted by molar-refractivity contribution is -0.136. The number of hydrogen-bond acceptors (Lipinski definition) is 3. The number of carbonyl (C=O) groups excluding carboxylic acids is 1. The Morgan fingerprint density at radius 3 is 1.60 bits per heavy atom. The van der Waals surface area contributed by atoms with Crippen molar-refractivity contribution in [1.29, 1.82) is 0 Å². The fourth-order valence-electron chi connectivity index (χ4n) is 1.29. The minimum atomic E-state index is -0.347. The molecular formula is C17H18O2S. The number of carbonyl (C=O) groups is 1. The van der Waals surface area contributed by atoms with Gasteiger partial charge in [-0.2, -0.15) is 0 Å². The minimum absolute atomic E-state index is 0.347. The van der Waals surface area contributed by atoms with Crippen LogP contribution in [0.1, 0.15) is 6.92 Å². The van der Waals surface area contributed by atoms with Crippen molar-refractivity contribution in [3.63, 3.8) is 0 Å². The zero-order chi connectivity index (χ0) is 14.8. The molecule has 104 valence electrons. The fourth-order valence-corrected chi connectivity index (χ4v) is 2.15. The summed E-state index contributed by atoms with van der Waals surface area (Å²) < 4.78 is 4.27. The molecule has 0 amide bonds. The monoisotopic (exact) mass is 286 g/mol. The van der Waals surface area contributed by atoms with E-state index in [1.165, 1.54) is 16.9 Å². The lowest BCUT2D eigenvalue weighted by Gasteiger charge is -1.99. The molecule has 0 aromatic heterocycles. The molecule has 3 heteroatoms. The van der Waals surface area contributed by atoms with Crippen molar-refractivity contribution in [2.45, 2.75) is 16.7 Å². The molecular weight excluding hydrogens is 268 g/mol. The molecule has 0 aliphatic heterocycles. The van der Waals surface area contributed by atoms with Crippen LogP contribution in [0.25, 0.3) is 0 Å². The smallest absolute Gasteiger partial charge is 0.332 e. The Kier molecular flexibility index (Phi) is 7.22. The standard InChI is InChI=1S/C12H10S.C5H8O2/c1-3-7-11(8-4-1)13-12-9-5-2-6-10-12;1-4(2)5(6)7-3/h1-10H;1H2,2-3H3. The maximum atomic E-state index is 10.2. The molecule has 20 heavy (non-hydrogen) atoms. The molecule has 2 nitrogen and oxygen atoms in total. The normalized spacial score (nSPS) is 9.10. The van der Waals surface area contributed by atoms with Crippen molar-refractivity contribution in [2.24, 2.45) is 0 Å². The molecule has 0 saturated carbocycles. The summed E-state index contributed by atoms with van der Waals surface area (Å²) in [6, 6.07) is 20.8. The summed E-state index contributed by atoms with van der Waals surface area (Å²) in [5, 5.41) is 0. The Hall–Kier alpha value is -2.00. The average Bonchev–Trinajstić information content (AvgIpc) is 2.49. The second-order valence-electron chi connectivity index (χ2n) is 4.00. The van der Waals surface area contributed by atoms with E-state index in [9.17, 15) is 4.79 Å². The summed E-state index contributed by atoms with van der Waals surface area (Å²) in [7, 11) is 1.33. The van der Waals surface area contributed by atoms with Gasteiger partial charge in [-0.25, -0.2) is 4.79 Å². The first-order valence-electron chi connectivity index (χ1n) is 6.15. The lowest BCUT2D eigenvalue weighted by atomic mass is 10.4. The van der Waals surface area contributed by atoms with Crippen molar-refractivity contribution in [2.75, 3.05) is 7.11 Å². The Labute approximate surface area is 124 Å². The maximum absolute atomic E-state index is 10.2. The molecule has 0 heterocycles. The largest absolute Gasteiger partial charge is 0.466 e. The van der Waals surface area contributed by atoms with Crippen LogP contribution in [0.15, 0.2) is 82.6 Å². The topological polar surface area (TPSA) is 26.3 Å². The quantitative estimate of drug-likeness (QED) is 0.610. The molecule has 0 radical (unpaired) electrons. The molecule has 2 aromatic carbocycles. The molecule has 0 aliphatic carbocycles. The van der Waals surface area contributed by atoms with Gasteiger partial charge in [-0.15, -0.1) is 0 Å². The van der Waals surface area contributed by atoms with Crippen molar-refractivity contribution in [3.8, 4) is 0 Å². The first kappa shape index (κ1) is 16.1. The van der Waals surface area contributed by atoms with E-state index in [1.54, 1.807) is 18.7 Å². The first-order valence-corrected chi connectivity index (χ1v) is 6.97. The van der Waals surface area contributed by atoms with E-state index in [2.05, 4.69) is 59.8 Å². The second kappa shape index (κ2) is 8.99. The maximum Gasteiger partial charge on any atom is 0.332 e. The lowest BCUT2D eigenvalue weighted by Crippen LogP contribution is -1.98. The van der Waals surface area contributed by atoms with Crippen molar-refractivity contribution < 1.29 is 9.53 Å². The summed E-state index contributed by atoms with van der Waals surface area (Å²) in [5.41, 5.74) is 0.433. The van der Waals surface area contributed by atoms with E-state index in [0.717, 1.165) is 0 Å². The van der Waals surface area contributed by atoms with Gasteiger partial charge in [-0.3, -0.25) is 0 Å². The minimum Gasteiger partial charge on any atom is -0.466 e. The molecule has 2 aromatic rings. The summed E-state index contributed by atoms with van der Waals surface area (Å²) in [6.45, 7) is 4.95. The molecule has 0 bridgehead atoms. The molecule has 2 rings (SSSR count). The number of benzene rings is 2. The van der Waals surface area contributed by atoms with Crippen LogP contribution in [0.4, 0.5) is 0 Å². The Morgan fingerprint density at radius 1 is 0.950 bits per heavy atom. The summed E-state index contributed by atoms with van der Waals surface area (Å²) in [5.74, 6) is -0.347. The predicted molar refractivity (Wildman–Crippen MR) is 83.8 cm³/mol. The van der Waals surface area contributed by atoms with Crippen LogP contribution in [0.2, 0.25) is 0 Å². The third-order valence-corrected chi connectivity index (χ3v) is 3.27. The van der Waals surface area contributed by atoms with Gasteiger partial charge < -0.3 is 4.74 Å². The molecule has 0 fully saturated rings. The van der Waals surface area contributed by atoms with E-state index in [1.807, 2.05) is 12.1 Å². The number of esters is 1. The van der Waals surface area contributed by atoms with Gasteiger partial charge in [0.25, 0.3) is 0 Å². The summed E-state index contributed by atoms with van der Waals surface area (Å²) in [6.07, 6.45) is 0. The number of rotatable bonds is 3. The zero-order valence-corrected chi connectivity index (χ0v) is 12.5. The first-order chi connectivity index (χ1) is 9.63. The summed E-state index contributed by atoms with van der Waals surface area (Å²) in [4.78, 5) is 12.8. The number of methoxy groups -OCH3 is 1. The van der Waals surface area contributed by atoms with Gasteiger partial charge in [0.2, 0.25) is 0 Å². The third-order valence-electron chi connectivity index (χ3n) is 2.26. The molecule has 0 saturated heterocycles. The van der Waals surface area contributed by atoms with Crippen LogP contribution >= 0.6 is 11.8 Å². The summed E-state index contributed by atoms with van der Waals surface area (Å²) >= 11 is 1.79. The third kappa shape index (κ3) is 6.25. The highest BCUT2D eigenvalue weighted by Gasteiger charge is 1.95. The van der Waals surface area contributed by atoms with Gasteiger partial charge in [0, 0.05) is 15.4 Å². The number of hydrogen-bond donors (Lipinski definition) is 0. The van der Waals surface area contributed by atoms with Crippen molar-refractivity contribution in [1.82, 2.24) is 0 Å². The molecule has 0 spiro atoms. The van der Waals surface area contributed by atoms with Crippen LogP contribution in [0.3, 0.4) is 0 Å². The van der Waals surface area contributed by atoms with E-state index in [-0.39, 0.29) is 5.97 Å². The van der Waals surface area contributed by atoms with Crippen LogP contribution < -0.4 is 0 Å². The fraction of sp³-hybridized carbons (Fsp3) is 0.118.